The molecule has 1 aromatic carbocycles. The molecule has 98 valence electrons. The fraction of sp³-hybridized carbons (Fsp3) is 0.333. The van der Waals surface area contributed by atoms with Gasteiger partial charge < -0.3 is 5.32 Å². The van der Waals surface area contributed by atoms with Crippen LogP contribution in [0.15, 0.2) is 29.2 Å². The lowest BCUT2D eigenvalue weighted by Gasteiger charge is -2.07. The van der Waals surface area contributed by atoms with E-state index in [9.17, 15) is 8.42 Å². The number of hydrogen-bond acceptors (Lipinski definition) is 4. The van der Waals surface area contributed by atoms with Crippen molar-refractivity contribution >= 4 is 27.5 Å². The molecule has 18 heavy (non-hydrogen) atoms. The second kappa shape index (κ2) is 7.31. The molecule has 6 heteroatoms. The van der Waals surface area contributed by atoms with E-state index in [0.29, 0.717) is 18.1 Å². The van der Waals surface area contributed by atoms with Crippen LogP contribution in [0.4, 0.5) is 5.69 Å². The molecular formula is C12H16N2O2S2. The van der Waals surface area contributed by atoms with Gasteiger partial charge >= 0.3 is 0 Å². The van der Waals surface area contributed by atoms with Gasteiger partial charge in [0, 0.05) is 25.0 Å². The SMILES string of the molecule is C#CCSCCNS(=O)(=O)c1ccc(NC)cc1. The Morgan fingerprint density at radius 1 is 1.33 bits per heavy atom. The number of hydrogen-bond donors (Lipinski definition) is 2. The molecule has 0 saturated heterocycles. The van der Waals surface area contributed by atoms with Crippen LogP contribution in [0, 0.1) is 12.3 Å². The number of rotatable bonds is 7. The highest BCUT2D eigenvalue weighted by molar-refractivity contribution is 7.99. The first-order valence-corrected chi connectivity index (χ1v) is 8.02. The van der Waals surface area contributed by atoms with Gasteiger partial charge in [0.2, 0.25) is 10.0 Å². The molecule has 0 saturated carbocycles. The van der Waals surface area contributed by atoms with Crippen LogP contribution >= 0.6 is 11.8 Å². The van der Waals surface area contributed by atoms with Crippen molar-refractivity contribution in [2.45, 2.75) is 4.90 Å². The number of thioether (sulfide) groups is 1. The molecular weight excluding hydrogens is 268 g/mol. The summed E-state index contributed by atoms with van der Waals surface area (Å²) in [5.74, 6) is 3.75. The molecule has 0 spiro atoms. The average Bonchev–Trinajstić information content (AvgIpc) is 2.38. The van der Waals surface area contributed by atoms with E-state index in [1.54, 1.807) is 31.3 Å². The molecule has 0 aliphatic carbocycles. The van der Waals surface area contributed by atoms with E-state index >= 15 is 0 Å². The van der Waals surface area contributed by atoms with Crippen molar-refractivity contribution in [2.24, 2.45) is 0 Å². The normalized spacial score (nSPS) is 10.9. The fourth-order valence-electron chi connectivity index (χ4n) is 1.26. The Kier molecular flexibility index (Phi) is 6.05. The van der Waals surface area contributed by atoms with Crippen LogP contribution in [0.25, 0.3) is 0 Å². The highest BCUT2D eigenvalue weighted by atomic mass is 32.2. The van der Waals surface area contributed by atoms with Crippen LogP contribution in [-0.4, -0.2) is 33.5 Å². The lowest BCUT2D eigenvalue weighted by atomic mass is 10.3. The van der Waals surface area contributed by atoms with Crippen molar-refractivity contribution < 1.29 is 8.42 Å². The summed E-state index contributed by atoms with van der Waals surface area (Å²) in [5.41, 5.74) is 0.874. The van der Waals surface area contributed by atoms with Crippen LogP contribution in [0.2, 0.25) is 0 Å². The summed E-state index contributed by atoms with van der Waals surface area (Å²) in [7, 11) is -1.63. The first kappa shape index (κ1) is 14.9. The van der Waals surface area contributed by atoms with Crippen LogP contribution in [0.3, 0.4) is 0 Å². The molecule has 0 radical (unpaired) electrons. The van der Waals surface area contributed by atoms with Crippen LogP contribution < -0.4 is 10.0 Å². The van der Waals surface area contributed by atoms with Crippen molar-refractivity contribution in [1.29, 1.82) is 0 Å². The predicted molar refractivity (Wildman–Crippen MR) is 77.3 cm³/mol. The second-order valence-corrected chi connectivity index (χ2v) is 6.30. The van der Waals surface area contributed by atoms with E-state index in [1.165, 1.54) is 11.8 Å². The first-order valence-electron chi connectivity index (χ1n) is 5.39. The Bertz CT molecular complexity index is 504. The van der Waals surface area contributed by atoms with Crippen molar-refractivity contribution in [3.8, 4) is 12.3 Å². The topological polar surface area (TPSA) is 58.2 Å². The fourth-order valence-corrected chi connectivity index (χ4v) is 2.93. The second-order valence-electron chi connectivity index (χ2n) is 3.43. The van der Waals surface area contributed by atoms with Gasteiger partial charge in [-0.3, -0.25) is 0 Å². The highest BCUT2D eigenvalue weighted by Gasteiger charge is 2.12. The van der Waals surface area contributed by atoms with Crippen LogP contribution in [-0.2, 0) is 10.0 Å². The third kappa shape index (κ3) is 4.61. The minimum atomic E-state index is -3.42. The Morgan fingerprint density at radius 2 is 2.00 bits per heavy atom. The van der Waals surface area contributed by atoms with Crippen molar-refractivity contribution in [3.05, 3.63) is 24.3 Å². The molecule has 1 aromatic rings. The lowest BCUT2D eigenvalue weighted by Crippen LogP contribution is -2.26. The van der Waals surface area contributed by atoms with Gasteiger partial charge in [0.15, 0.2) is 0 Å². The molecule has 0 aliphatic heterocycles. The summed E-state index contributed by atoms with van der Waals surface area (Å²) >= 11 is 1.52. The van der Waals surface area contributed by atoms with E-state index < -0.39 is 10.0 Å². The Hall–Kier alpha value is -1.16. The van der Waals surface area contributed by atoms with E-state index in [1.807, 2.05) is 0 Å². The number of terminal acetylenes is 1. The molecule has 2 N–H and O–H groups in total. The average molecular weight is 284 g/mol. The molecule has 0 bridgehead atoms. The van der Waals surface area contributed by atoms with Gasteiger partial charge in [-0.1, -0.05) is 5.92 Å². The smallest absolute Gasteiger partial charge is 0.240 e. The predicted octanol–water partition coefficient (Wildman–Crippen LogP) is 1.37. The summed E-state index contributed by atoms with van der Waals surface area (Å²) in [5, 5.41) is 2.93. The van der Waals surface area contributed by atoms with Crippen LogP contribution in [0.1, 0.15) is 0 Å². The highest BCUT2D eigenvalue weighted by Crippen LogP contribution is 2.13. The van der Waals surface area contributed by atoms with Crippen LogP contribution in [0.5, 0.6) is 0 Å². The Labute approximate surface area is 113 Å². The molecule has 0 amide bonds. The third-order valence-electron chi connectivity index (χ3n) is 2.18. The largest absolute Gasteiger partial charge is 0.388 e. The maximum Gasteiger partial charge on any atom is 0.240 e. The van der Waals surface area contributed by atoms with Crippen molar-refractivity contribution in [1.82, 2.24) is 4.72 Å². The van der Waals surface area contributed by atoms with Gasteiger partial charge in [0.25, 0.3) is 0 Å². The third-order valence-corrected chi connectivity index (χ3v) is 4.52. The first-order chi connectivity index (χ1) is 8.60. The Balaban J connectivity index is 2.55. The number of sulfonamides is 1. The molecule has 1 rings (SSSR count). The zero-order chi connectivity index (χ0) is 13.4. The molecule has 0 aromatic heterocycles. The van der Waals surface area contributed by atoms with E-state index in [4.69, 9.17) is 6.42 Å². The lowest BCUT2D eigenvalue weighted by molar-refractivity contribution is 0.584. The zero-order valence-corrected chi connectivity index (χ0v) is 11.8. The summed E-state index contributed by atoms with van der Waals surface area (Å²) in [6, 6.07) is 6.59. The Morgan fingerprint density at radius 3 is 2.56 bits per heavy atom. The maximum atomic E-state index is 11.9. The molecule has 0 aliphatic rings. The quantitative estimate of drug-likeness (QED) is 0.586. The minimum Gasteiger partial charge on any atom is -0.388 e. The molecule has 0 atom stereocenters. The number of anilines is 1. The van der Waals surface area contributed by atoms with Gasteiger partial charge in [0.1, 0.15) is 0 Å². The monoisotopic (exact) mass is 284 g/mol. The van der Waals surface area contributed by atoms with Crippen molar-refractivity contribution in [2.75, 3.05) is 30.4 Å². The summed E-state index contributed by atoms with van der Waals surface area (Å²) in [4.78, 5) is 0.267. The zero-order valence-electron chi connectivity index (χ0n) is 10.1. The van der Waals surface area contributed by atoms with E-state index in [0.717, 1.165) is 5.69 Å². The standard InChI is InChI=1S/C12H16N2O2S2/c1-3-9-17-10-8-14-18(15,16)12-6-4-11(13-2)5-7-12/h1,4-7,13-14H,8-10H2,2H3. The van der Waals surface area contributed by atoms with Gasteiger partial charge in [0.05, 0.1) is 10.6 Å². The molecule has 4 nitrogen and oxygen atoms in total. The van der Waals surface area contributed by atoms with Gasteiger partial charge in [-0.15, -0.1) is 18.2 Å². The van der Waals surface area contributed by atoms with Gasteiger partial charge in [-0.25, -0.2) is 13.1 Å². The number of benzene rings is 1. The van der Waals surface area contributed by atoms with E-state index in [-0.39, 0.29) is 4.90 Å². The summed E-state index contributed by atoms with van der Waals surface area (Å²) in [6.07, 6.45) is 5.10. The molecule has 0 heterocycles. The molecule has 0 fully saturated rings. The van der Waals surface area contributed by atoms with Gasteiger partial charge in [-0.2, -0.15) is 0 Å². The summed E-state index contributed by atoms with van der Waals surface area (Å²) in [6.45, 7) is 0.377. The van der Waals surface area contributed by atoms with Crippen molar-refractivity contribution in [3.63, 3.8) is 0 Å². The number of nitrogens with one attached hydrogen (secondary N) is 2. The minimum absolute atomic E-state index is 0.267. The maximum absolute atomic E-state index is 11.9. The summed E-state index contributed by atoms with van der Waals surface area (Å²) < 4.78 is 26.3. The van der Waals surface area contributed by atoms with Gasteiger partial charge in [-0.05, 0) is 24.3 Å². The molecule has 0 unspecified atom stereocenters. The van der Waals surface area contributed by atoms with E-state index in [2.05, 4.69) is 16.0 Å².